The zero-order chi connectivity index (χ0) is 10.8. The Morgan fingerprint density at radius 3 is 2.71 bits per heavy atom. The van der Waals surface area contributed by atoms with Crippen molar-refractivity contribution >= 4 is 5.91 Å². The summed E-state index contributed by atoms with van der Waals surface area (Å²) in [6.07, 6.45) is -4.21. The van der Waals surface area contributed by atoms with E-state index in [1.54, 1.807) is 6.92 Å². The number of hydrogen-bond donors (Lipinski definition) is 1. The van der Waals surface area contributed by atoms with Crippen LogP contribution in [0.5, 0.6) is 0 Å². The van der Waals surface area contributed by atoms with Crippen molar-refractivity contribution in [3.05, 3.63) is 0 Å². The zero-order valence-corrected chi connectivity index (χ0v) is 7.90. The molecule has 0 radical (unpaired) electrons. The molecule has 1 heterocycles. The third-order valence-electron chi connectivity index (χ3n) is 2.32. The van der Waals surface area contributed by atoms with E-state index in [0.29, 0.717) is 19.5 Å². The van der Waals surface area contributed by atoms with E-state index in [4.69, 9.17) is 0 Å². The molecule has 0 aromatic carbocycles. The number of carbonyl (C=O) groups is 1. The smallest absolute Gasteiger partial charge is 0.329 e. The lowest BCUT2D eigenvalue weighted by molar-refractivity contribution is -0.188. The number of piperazine rings is 1. The number of alkyl halides is 3. The van der Waals surface area contributed by atoms with Crippen LogP contribution in [0.4, 0.5) is 13.2 Å². The highest BCUT2D eigenvalue weighted by Crippen LogP contribution is 2.21. The Bertz CT molecular complexity index is 217. The first-order valence-corrected chi connectivity index (χ1v) is 4.55. The van der Waals surface area contributed by atoms with E-state index < -0.39 is 12.1 Å². The number of rotatable bonds is 1. The number of hydrogen-bond acceptors (Lipinski definition) is 2. The molecule has 1 amide bonds. The van der Waals surface area contributed by atoms with Crippen LogP contribution in [0.3, 0.4) is 0 Å². The van der Waals surface area contributed by atoms with Crippen LogP contribution in [-0.2, 0) is 4.79 Å². The molecule has 1 saturated heterocycles. The maximum atomic E-state index is 12.1. The molecule has 0 bridgehead atoms. The highest BCUT2D eigenvalue weighted by atomic mass is 19.4. The molecule has 1 fully saturated rings. The summed E-state index contributed by atoms with van der Waals surface area (Å²) in [6.45, 7) is 2.78. The van der Waals surface area contributed by atoms with E-state index in [0.717, 1.165) is 4.90 Å². The second-order valence-electron chi connectivity index (χ2n) is 3.26. The summed E-state index contributed by atoms with van der Waals surface area (Å²) < 4.78 is 36.4. The summed E-state index contributed by atoms with van der Waals surface area (Å²) in [5.41, 5.74) is 0. The molecular weight excluding hydrogens is 197 g/mol. The molecule has 0 spiro atoms. The average Bonchev–Trinajstić information content (AvgIpc) is 2.15. The molecule has 1 aliphatic rings. The fourth-order valence-corrected chi connectivity index (χ4v) is 1.56. The van der Waals surface area contributed by atoms with Gasteiger partial charge in [-0.3, -0.25) is 4.79 Å². The SMILES string of the molecule is CCC1CNCCN1C(=O)C(F)(F)F. The number of amides is 1. The van der Waals surface area contributed by atoms with E-state index in [2.05, 4.69) is 5.32 Å². The number of nitrogens with zero attached hydrogens (tertiary/aromatic N) is 1. The second-order valence-corrected chi connectivity index (χ2v) is 3.26. The van der Waals surface area contributed by atoms with Gasteiger partial charge in [0.25, 0.3) is 0 Å². The predicted octanol–water partition coefficient (Wildman–Crippen LogP) is 0.759. The van der Waals surface area contributed by atoms with Gasteiger partial charge in [-0.25, -0.2) is 0 Å². The molecule has 3 nitrogen and oxygen atoms in total. The van der Waals surface area contributed by atoms with Gasteiger partial charge in [0.2, 0.25) is 0 Å². The Morgan fingerprint density at radius 2 is 2.21 bits per heavy atom. The van der Waals surface area contributed by atoms with Gasteiger partial charge in [0.1, 0.15) is 0 Å². The lowest BCUT2D eigenvalue weighted by Gasteiger charge is -2.35. The maximum absolute atomic E-state index is 12.1. The molecule has 14 heavy (non-hydrogen) atoms. The third-order valence-corrected chi connectivity index (χ3v) is 2.32. The molecule has 0 aromatic heterocycles. The van der Waals surface area contributed by atoms with E-state index in [1.807, 2.05) is 0 Å². The summed E-state index contributed by atoms with van der Waals surface area (Å²) >= 11 is 0. The first-order valence-electron chi connectivity index (χ1n) is 4.55. The van der Waals surface area contributed by atoms with E-state index in [-0.39, 0.29) is 12.6 Å². The van der Waals surface area contributed by atoms with Crippen molar-refractivity contribution in [3.8, 4) is 0 Å². The van der Waals surface area contributed by atoms with E-state index in [1.165, 1.54) is 0 Å². The first-order chi connectivity index (χ1) is 6.46. The highest BCUT2D eigenvalue weighted by Gasteiger charge is 2.44. The van der Waals surface area contributed by atoms with E-state index in [9.17, 15) is 18.0 Å². The van der Waals surface area contributed by atoms with Crippen LogP contribution in [0.15, 0.2) is 0 Å². The number of carbonyl (C=O) groups excluding carboxylic acids is 1. The maximum Gasteiger partial charge on any atom is 0.471 e. The molecule has 82 valence electrons. The van der Waals surface area contributed by atoms with Crippen molar-refractivity contribution in [2.75, 3.05) is 19.6 Å². The van der Waals surface area contributed by atoms with Crippen molar-refractivity contribution < 1.29 is 18.0 Å². The first kappa shape index (κ1) is 11.3. The molecule has 1 N–H and O–H groups in total. The Labute approximate surface area is 80.3 Å². The molecular formula is C8H13F3N2O. The van der Waals surface area contributed by atoms with Gasteiger partial charge in [0.05, 0.1) is 0 Å². The second kappa shape index (κ2) is 4.16. The van der Waals surface area contributed by atoms with Crippen molar-refractivity contribution in [1.29, 1.82) is 0 Å². The lowest BCUT2D eigenvalue weighted by atomic mass is 10.1. The molecule has 1 rings (SSSR count). The summed E-state index contributed by atoms with van der Waals surface area (Å²) in [7, 11) is 0. The molecule has 0 aliphatic carbocycles. The normalized spacial score (nSPS) is 23.7. The molecule has 1 aliphatic heterocycles. The largest absolute Gasteiger partial charge is 0.471 e. The topological polar surface area (TPSA) is 32.3 Å². The van der Waals surface area contributed by atoms with Gasteiger partial charge in [-0.05, 0) is 6.42 Å². The Hall–Kier alpha value is -0.780. The van der Waals surface area contributed by atoms with Crippen LogP contribution in [0.25, 0.3) is 0 Å². The van der Waals surface area contributed by atoms with Gasteiger partial charge >= 0.3 is 12.1 Å². The summed E-state index contributed by atoms with van der Waals surface area (Å²) in [4.78, 5) is 11.9. The van der Waals surface area contributed by atoms with Crippen LogP contribution in [-0.4, -0.2) is 42.7 Å². The summed E-state index contributed by atoms with van der Waals surface area (Å²) in [6, 6.07) is -0.335. The van der Waals surface area contributed by atoms with Crippen molar-refractivity contribution in [3.63, 3.8) is 0 Å². The van der Waals surface area contributed by atoms with Crippen LogP contribution in [0.1, 0.15) is 13.3 Å². The van der Waals surface area contributed by atoms with Gasteiger partial charge in [-0.1, -0.05) is 6.92 Å². The third kappa shape index (κ3) is 2.37. The van der Waals surface area contributed by atoms with Crippen LogP contribution in [0.2, 0.25) is 0 Å². The minimum Gasteiger partial charge on any atom is -0.329 e. The summed E-state index contributed by atoms with van der Waals surface area (Å²) in [5, 5.41) is 2.96. The monoisotopic (exact) mass is 210 g/mol. The van der Waals surface area contributed by atoms with Gasteiger partial charge in [0.15, 0.2) is 0 Å². The minimum atomic E-state index is -4.75. The highest BCUT2D eigenvalue weighted by molar-refractivity contribution is 5.82. The van der Waals surface area contributed by atoms with Crippen LogP contribution in [0, 0.1) is 0 Å². The molecule has 0 saturated carbocycles. The zero-order valence-electron chi connectivity index (χ0n) is 7.90. The predicted molar refractivity (Wildman–Crippen MR) is 44.7 cm³/mol. The van der Waals surface area contributed by atoms with Crippen LogP contribution < -0.4 is 5.32 Å². The van der Waals surface area contributed by atoms with Crippen molar-refractivity contribution in [2.45, 2.75) is 25.6 Å². The standard InChI is InChI=1S/C8H13F3N2O/c1-2-6-5-12-3-4-13(6)7(14)8(9,10)11/h6,12H,2-5H2,1H3. The number of halogens is 3. The molecule has 0 aromatic rings. The van der Waals surface area contributed by atoms with Crippen molar-refractivity contribution in [2.24, 2.45) is 0 Å². The molecule has 6 heteroatoms. The number of nitrogens with one attached hydrogen (secondary N) is 1. The van der Waals surface area contributed by atoms with Gasteiger partial charge in [0, 0.05) is 25.7 Å². The minimum absolute atomic E-state index is 0.136. The fraction of sp³-hybridized carbons (Fsp3) is 0.875. The van der Waals surface area contributed by atoms with Gasteiger partial charge < -0.3 is 10.2 Å². The van der Waals surface area contributed by atoms with Gasteiger partial charge in [-0.2, -0.15) is 13.2 Å². The Kier molecular flexibility index (Phi) is 3.36. The Morgan fingerprint density at radius 1 is 1.57 bits per heavy atom. The fourth-order valence-electron chi connectivity index (χ4n) is 1.56. The molecule has 1 unspecified atom stereocenters. The summed E-state index contributed by atoms with van der Waals surface area (Å²) in [5.74, 6) is -1.72. The Balaban J connectivity index is 2.69. The lowest BCUT2D eigenvalue weighted by Crippen LogP contribution is -2.56. The van der Waals surface area contributed by atoms with Gasteiger partial charge in [-0.15, -0.1) is 0 Å². The van der Waals surface area contributed by atoms with Crippen LogP contribution >= 0.6 is 0 Å². The van der Waals surface area contributed by atoms with E-state index >= 15 is 0 Å². The average molecular weight is 210 g/mol. The quantitative estimate of drug-likeness (QED) is 0.693. The molecule has 1 atom stereocenters. The van der Waals surface area contributed by atoms with Crippen molar-refractivity contribution in [1.82, 2.24) is 10.2 Å².